The number of carbonyl (C=O) groups is 1. The molecule has 8 heteroatoms. The molecule has 1 fully saturated rings. The van der Waals surface area contributed by atoms with Crippen molar-refractivity contribution in [3.05, 3.63) is 29.3 Å². The van der Waals surface area contributed by atoms with Gasteiger partial charge in [0.25, 0.3) is 0 Å². The van der Waals surface area contributed by atoms with Crippen molar-refractivity contribution < 1.29 is 4.79 Å². The van der Waals surface area contributed by atoms with Gasteiger partial charge in [-0.25, -0.2) is 4.98 Å². The molecular weight excluding hydrogens is 367 g/mol. The highest BCUT2D eigenvalue weighted by Crippen LogP contribution is 2.21. The lowest BCUT2D eigenvalue weighted by Gasteiger charge is -2.18. The Morgan fingerprint density at radius 2 is 2.08 bits per heavy atom. The van der Waals surface area contributed by atoms with Crippen molar-refractivity contribution in [1.82, 2.24) is 20.5 Å². The van der Waals surface area contributed by atoms with Gasteiger partial charge in [0.05, 0.1) is 21.8 Å². The average Bonchev–Trinajstić information content (AvgIpc) is 2.75. The van der Waals surface area contributed by atoms with Crippen LogP contribution in [0, 0.1) is 0 Å². The molecule has 134 valence electrons. The second kappa shape index (κ2) is 10.8. The molecule has 1 aliphatic heterocycles. The number of hydrogen-bond donors (Lipinski definition) is 2. The molecule has 0 spiro atoms. The minimum atomic E-state index is 0. The summed E-state index contributed by atoms with van der Waals surface area (Å²) in [7, 11) is 0. The summed E-state index contributed by atoms with van der Waals surface area (Å²) in [6.07, 6.45) is 1.91. The summed E-state index contributed by atoms with van der Waals surface area (Å²) in [5, 5.41) is 7.44. The SMILES string of the molecule is Cl.Cl.O=C(CN1CCCNCC1)NCCc1nc2ccccc2s1. The zero-order valence-corrected chi connectivity index (χ0v) is 15.9. The molecule has 1 aromatic heterocycles. The van der Waals surface area contributed by atoms with Crippen molar-refractivity contribution in [3.8, 4) is 0 Å². The van der Waals surface area contributed by atoms with Crippen LogP contribution in [0.2, 0.25) is 0 Å². The van der Waals surface area contributed by atoms with Crippen molar-refractivity contribution in [2.75, 3.05) is 39.3 Å². The number of halogens is 2. The summed E-state index contributed by atoms with van der Waals surface area (Å²) in [5.41, 5.74) is 1.05. The molecule has 1 saturated heterocycles. The first-order chi connectivity index (χ1) is 10.8. The molecule has 24 heavy (non-hydrogen) atoms. The van der Waals surface area contributed by atoms with Crippen LogP contribution < -0.4 is 10.6 Å². The van der Waals surface area contributed by atoms with Crippen LogP contribution in [0.4, 0.5) is 0 Å². The van der Waals surface area contributed by atoms with Gasteiger partial charge in [-0.05, 0) is 31.6 Å². The van der Waals surface area contributed by atoms with Crippen LogP contribution in [0.3, 0.4) is 0 Å². The maximum absolute atomic E-state index is 12.0. The van der Waals surface area contributed by atoms with E-state index in [4.69, 9.17) is 0 Å². The first-order valence-corrected chi connectivity index (χ1v) is 8.67. The molecule has 0 saturated carbocycles. The molecule has 5 nitrogen and oxygen atoms in total. The lowest BCUT2D eigenvalue weighted by molar-refractivity contribution is -0.122. The summed E-state index contributed by atoms with van der Waals surface area (Å²) in [6, 6.07) is 8.15. The van der Waals surface area contributed by atoms with E-state index in [-0.39, 0.29) is 30.7 Å². The van der Waals surface area contributed by atoms with Crippen LogP contribution in [0.1, 0.15) is 11.4 Å². The van der Waals surface area contributed by atoms with E-state index < -0.39 is 0 Å². The molecule has 3 rings (SSSR count). The Kier molecular flexibility index (Phi) is 9.54. The molecule has 0 radical (unpaired) electrons. The number of nitrogens with one attached hydrogen (secondary N) is 2. The summed E-state index contributed by atoms with van der Waals surface area (Å²) >= 11 is 1.71. The summed E-state index contributed by atoms with van der Waals surface area (Å²) in [4.78, 5) is 18.8. The van der Waals surface area contributed by atoms with Crippen molar-refractivity contribution in [2.24, 2.45) is 0 Å². The van der Waals surface area contributed by atoms with Gasteiger partial charge in [-0.1, -0.05) is 12.1 Å². The molecule has 0 unspecified atom stereocenters. The monoisotopic (exact) mass is 390 g/mol. The zero-order valence-electron chi connectivity index (χ0n) is 13.5. The molecule has 0 aliphatic carbocycles. The van der Waals surface area contributed by atoms with Crippen LogP contribution in [0.25, 0.3) is 10.2 Å². The van der Waals surface area contributed by atoms with Gasteiger partial charge in [0.1, 0.15) is 0 Å². The first-order valence-electron chi connectivity index (χ1n) is 7.85. The molecule has 2 heterocycles. The van der Waals surface area contributed by atoms with Gasteiger partial charge in [-0.2, -0.15) is 0 Å². The largest absolute Gasteiger partial charge is 0.355 e. The third-order valence-electron chi connectivity index (χ3n) is 3.80. The molecule has 0 bridgehead atoms. The molecule has 0 atom stereocenters. The van der Waals surface area contributed by atoms with E-state index in [0.29, 0.717) is 13.1 Å². The molecule has 2 aromatic rings. The first kappa shape index (κ1) is 21.1. The van der Waals surface area contributed by atoms with Gasteiger partial charge in [0.15, 0.2) is 0 Å². The number of rotatable bonds is 5. The summed E-state index contributed by atoms with van der Waals surface area (Å²) < 4.78 is 1.21. The number of nitrogens with zero attached hydrogens (tertiary/aromatic N) is 2. The minimum absolute atomic E-state index is 0. The van der Waals surface area contributed by atoms with E-state index in [1.807, 2.05) is 18.2 Å². The van der Waals surface area contributed by atoms with Gasteiger partial charge in [0.2, 0.25) is 5.91 Å². The van der Waals surface area contributed by atoms with Gasteiger partial charge >= 0.3 is 0 Å². The van der Waals surface area contributed by atoms with Crippen molar-refractivity contribution >= 4 is 52.3 Å². The van der Waals surface area contributed by atoms with Crippen LogP contribution in [-0.4, -0.2) is 55.1 Å². The lowest BCUT2D eigenvalue weighted by Crippen LogP contribution is -2.39. The van der Waals surface area contributed by atoms with Crippen molar-refractivity contribution in [1.29, 1.82) is 0 Å². The lowest BCUT2D eigenvalue weighted by atomic mass is 10.3. The quantitative estimate of drug-likeness (QED) is 0.820. The zero-order chi connectivity index (χ0) is 15.2. The molecule has 1 aromatic carbocycles. The Morgan fingerprint density at radius 1 is 1.25 bits per heavy atom. The molecule has 1 amide bonds. The fourth-order valence-electron chi connectivity index (χ4n) is 2.65. The maximum Gasteiger partial charge on any atom is 0.234 e. The van der Waals surface area contributed by atoms with Crippen LogP contribution >= 0.6 is 36.2 Å². The number of hydrogen-bond acceptors (Lipinski definition) is 5. The number of benzene rings is 1. The number of fused-ring (bicyclic) bond motifs is 1. The highest BCUT2D eigenvalue weighted by Gasteiger charge is 2.12. The normalized spacial score (nSPS) is 15.2. The predicted molar refractivity (Wildman–Crippen MR) is 105 cm³/mol. The van der Waals surface area contributed by atoms with Gasteiger partial charge in [0, 0.05) is 26.1 Å². The van der Waals surface area contributed by atoms with Crippen LogP contribution in [0.5, 0.6) is 0 Å². The molecular formula is C16H24Cl2N4OS. The highest BCUT2D eigenvalue weighted by atomic mass is 35.5. The van der Waals surface area contributed by atoms with Gasteiger partial charge in [-0.15, -0.1) is 36.2 Å². The number of carbonyl (C=O) groups excluding carboxylic acids is 1. The third kappa shape index (κ3) is 6.18. The fraction of sp³-hybridized carbons (Fsp3) is 0.500. The predicted octanol–water partition coefficient (Wildman–Crippen LogP) is 2.09. The van der Waals surface area contributed by atoms with E-state index in [9.17, 15) is 4.79 Å². The Bertz CT molecular complexity index is 596. The van der Waals surface area contributed by atoms with Crippen molar-refractivity contribution in [3.63, 3.8) is 0 Å². The standard InChI is InChI=1S/C16H22N4OS.2ClH/c21-15(12-20-10-3-7-17-9-11-20)18-8-6-16-19-13-4-1-2-5-14(13)22-16;;/h1-2,4-5,17H,3,6-12H2,(H,18,21);2*1H. The fourth-order valence-corrected chi connectivity index (χ4v) is 3.62. The van der Waals surface area contributed by atoms with E-state index in [1.165, 1.54) is 4.70 Å². The second-order valence-corrected chi connectivity index (χ2v) is 6.67. The Balaban J connectivity index is 0.00000144. The topological polar surface area (TPSA) is 57.3 Å². The number of aromatic nitrogens is 1. The van der Waals surface area contributed by atoms with Gasteiger partial charge < -0.3 is 10.6 Å². The van der Waals surface area contributed by atoms with E-state index in [1.54, 1.807) is 11.3 Å². The Morgan fingerprint density at radius 3 is 2.92 bits per heavy atom. The smallest absolute Gasteiger partial charge is 0.234 e. The number of thiazole rings is 1. The number of amides is 1. The van der Waals surface area contributed by atoms with Gasteiger partial charge in [-0.3, -0.25) is 9.69 Å². The Labute approximate surface area is 159 Å². The van der Waals surface area contributed by atoms with E-state index >= 15 is 0 Å². The van der Waals surface area contributed by atoms with E-state index in [2.05, 4.69) is 26.6 Å². The van der Waals surface area contributed by atoms with Crippen molar-refractivity contribution in [2.45, 2.75) is 12.8 Å². The average molecular weight is 391 g/mol. The van der Waals surface area contributed by atoms with E-state index in [0.717, 1.165) is 49.5 Å². The molecule has 1 aliphatic rings. The van der Waals surface area contributed by atoms with Crippen LogP contribution in [0.15, 0.2) is 24.3 Å². The maximum atomic E-state index is 12.0. The summed E-state index contributed by atoms with van der Waals surface area (Å²) in [5.74, 6) is 0.114. The minimum Gasteiger partial charge on any atom is -0.355 e. The highest BCUT2D eigenvalue weighted by molar-refractivity contribution is 7.18. The third-order valence-corrected chi connectivity index (χ3v) is 4.90. The number of para-hydroxylation sites is 1. The Hall–Kier alpha value is -0.920. The summed E-state index contributed by atoms with van der Waals surface area (Å²) in [6.45, 7) is 5.13. The van der Waals surface area contributed by atoms with Crippen LogP contribution in [-0.2, 0) is 11.2 Å². The molecule has 2 N–H and O–H groups in total. The second-order valence-electron chi connectivity index (χ2n) is 5.55.